The zero-order valence-electron chi connectivity index (χ0n) is 12.7. The zero-order valence-corrected chi connectivity index (χ0v) is 13.5. The van der Waals surface area contributed by atoms with Gasteiger partial charge in [0.05, 0.1) is 17.9 Å². The van der Waals surface area contributed by atoms with Gasteiger partial charge in [-0.2, -0.15) is 5.10 Å². The Kier molecular flexibility index (Phi) is 4.30. The van der Waals surface area contributed by atoms with Crippen LogP contribution in [0.3, 0.4) is 0 Å². The number of cyclic esters (lactones) is 1. The van der Waals surface area contributed by atoms with Crippen molar-refractivity contribution in [3.63, 3.8) is 0 Å². The van der Waals surface area contributed by atoms with E-state index < -0.39 is 18.1 Å². The summed E-state index contributed by atoms with van der Waals surface area (Å²) in [7, 11) is 0. The molecule has 126 valence electrons. The average Bonchev–Trinajstić information content (AvgIpc) is 3.13. The Balaban J connectivity index is 1.82. The number of rotatable bonds is 4. The van der Waals surface area contributed by atoms with Gasteiger partial charge in [-0.05, 0) is 30.4 Å². The van der Waals surface area contributed by atoms with Crippen LogP contribution in [0.4, 0.5) is 14.9 Å². The van der Waals surface area contributed by atoms with E-state index in [0.29, 0.717) is 5.69 Å². The van der Waals surface area contributed by atoms with Crippen LogP contribution in [0.5, 0.6) is 0 Å². The fourth-order valence-corrected chi connectivity index (χ4v) is 2.51. The number of aromatic amines is 1. The van der Waals surface area contributed by atoms with Crippen LogP contribution in [0.25, 0.3) is 5.69 Å². The molecule has 0 bridgehead atoms. The van der Waals surface area contributed by atoms with Crippen LogP contribution < -0.4 is 10.2 Å². The van der Waals surface area contributed by atoms with Gasteiger partial charge in [-0.1, -0.05) is 6.92 Å². The molecule has 1 aromatic heterocycles. The van der Waals surface area contributed by atoms with Crippen molar-refractivity contribution in [2.75, 3.05) is 11.4 Å². The fraction of sp³-hybridized carbons (Fsp3) is 0.286. The lowest BCUT2D eigenvalue weighted by Crippen LogP contribution is -2.37. The number of hydrogen-bond donors (Lipinski definition) is 2. The summed E-state index contributed by atoms with van der Waals surface area (Å²) in [6, 6.07) is 4.26. The quantitative estimate of drug-likeness (QED) is 0.821. The Labute approximate surface area is 141 Å². The number of amides is 2. The molecule has 0 saturated carbocycles. The van der Waals surface area contributed by atoms with Crippen molar-refractivity contribution in [2.24, 2.45) is 0 Å². The van der Waals surface area contributed by atoms with Gasteiger partial charge < -0.3 is 10.1 Å². The number of nitrogens with one attached hydrogen (secondary N) is 2. The van der Waals surface area contributed by atoms with Gasteiger partial charge in [-0.25, -0.2) is 9.18 Å². The van der Waals surface area contributed by atoms with Crippen LogP contribution in [0, 0.1) is 10.6 Å². The second-order valence-electron chi connectivity index (χ2n) is 5.07. The zero-order chi connectivity index (χ0) is 17.3. The minimum absolute atomic E-state index is 0.106. The SMILES string of the molecule is CCC(=O)N[C@@H]1CN(c2ccc(-n3cn[nH]c3=S)c(F)c2)C(=O)O1. The number of carbonyl (C=O) groups excluding carboxylic acids is 2. The Bertz CT molecular complexity index is 849. The highest BCUT2D eigenvalue weighted by atomic mass is 32.1. The summed E-state index contributed by atoms with van der Waals surface area (Å²) in [5, 5.41) is 8.84. The molecular weight excluding hydrogens is 337 g/mol. The Morgan fingerprint density at radius 3 is 3.00 bits per heavy atom. The molecule has 0 spiro atoms. The smallest absolute Gasteiger partial charge is 0.416 e. The van der Waals surface area contributed by atoms with Gasteiger partial charge in [-0.3, -0.25) is 19.4 Å². The van der Waals surface area contributed by atoms with Gasteiger partial charge in [-0.15, -0.1) is 0 Å². The summed E-state index contributed by atoms with van der Waals surface area (Å²) in [4.78, 5) is 24.6. The van der Waals surface area contributed by atoms with Crippen molar-refractivity contribution < 1.29 is 18.7 Å². The van der Waals surface area contributed by atoms with E-state index in [4.69, 9.17) is 17.0 Å². The number of carbonyl (C=O) groups is 2. The highest BCUT2D eigenvalue weighted by Crippen LogP contribution is 2.25. The van der Waals surface area contributed by atoms with Crippen LogP contribution >= 0.6 is 12.2 Å². The molecule has 3 rings (SSSR count). The highest BCUT2D eigenvalue weighted by Gasteiger charge is 2.33. The van der Waals surface area contributed by atoms with E-state index in [1.807, 2.05) is 0 Å². The first-order chi connectivity index (χ1) is 11.5. The van der Waals surface area contributed by atoms with Crippen LogP contribution in [-0.2, 0) is 9.53 Å². The molecule has 1 saturated heterocycles. The monoisotopic (exact) mass is 351 g/mol. The molecule has 10 heteroatoms. The number of anilines is 1. The van der Waals surface area contributed by atoms with Crippen molar-refractivity contribution in [3.8, 4) is 5.69 Å². The maximum atomic E-state index is 14.4. The maximum absolute atomic E-state index is 14.4. The summed E-state index contributed by atoms with van der Waals surface area (Å²) in [5.74, 6) is -0.802. The Morgan fingerprint density at radius 2 is 2.38 bits per heavy atom. The summed E-state index contributed by atoms with van der Waals surface area (Å²) < 4.78 is 21.1. The molecule has 0 aliphatic carbocycles. The molecule has 1 aliphatic rings. The Morgan fingerprint density at radius 1 is 1.58 bits per heavy atom. The minimum atomic E-state index is -0.754. The molecule has 0 radical (unpaired) electrons. The van der Waals surface area contributed by atoms with Crippen LogP contribution in [0.1, 0.15) is 13.3 Å². The van der Waals surface area contributed by atoms with Crippen molar-refractivity contribution >= 4 is 29.9 Å². The first-order valence-electron chi connectivity index (χ1n) is 7.19. The molecule has 2 heterocycles. The fourth-order valence-electron chi connectivity index (χ4n) is 2.31. The summed E-state index contributed by atoms with van der Waals surface area (Å²) >= 11 is 5.01. The number of halogens is 1. The molecular formula is C14H14FN5O3S. The molecule has 1 aromatic carbocycles. The Hall–Kier alpha value is -2.75. The highest BCUT2D eigenvalue weighted by molar-refractivity contribution is 7.71. The van der Waals surface area contributed by atoms with E-state index in [1.54, 1.807) is 13.0 Å². The second-order valence-corrected chi connectivity index (χ2v) is 5.46. The van der Waals surface area contributed by atoms with E-state index >= 15 is 0 Å². The number of nitrogens with zero attached hydrogens (tertiary/aromatic N) is 3. The largest absolute Gasteiger partial charge is 0.423 e. The summed E-state index contributed by atoms with van der Waals surface area (Å²) in [5.41, 5.74) is 0.533. The molecule has 2 N–H and O–H groups in total. The minimum Gasteiger partial charge on any atom is -0.423 e. The van der Waals surface area contributed by atoms with Gasteiger partial charge in [0, 0.05) is 6.42 Å². The summed E-state index contributed by atoms with van der Waals surface area (Å²) in [6.07, 6.45) is 0.238. The maximum Gasteiger partial charge on any atom is 0.416 e. The van der Waals surface area contributed by atoms with Crippen LogP contribution in [0.15, 0.2) is 24.5 Å². The van der Waals surface area contributed by atoms with Crippen molar-refractivity contribution in [1.29, 1.82) is 0 Å². The molecule has 2 amide bonds. The number of ether oxygens (including phenoxy) is 1. The molecule has 1 atom stereocenters. The molecule has 0 unspecified atom stereocenters. The van der Waals surface area contributed by atoms with Crippen molar-refractivity contribution in [3.05, 3.63) is 35.1 Å². The van der Waals surface area contributed by atoms with Gasteiger partial charge in [0.1, 0.15) is 12.1 Å². The van der Waals surface area contributed by atoms with Gasteiger partial charge in [0.15, 0.2) is 11.0 Å². The first-order valence-corrected chi connectivity index (χ1v) is 7.60. The topological polar surface area (TPSA) is 92.3 Å². The predicted octanol–water partition coefficient (Wildman–Crippen LogP) is 1.88. The van der Waals surface area contributed by atoms with Gasteiger partial charge in [0.2, 0.25) is 5.91 Å². The first kappa shape index (κ1) is 16.1. The molecule has 2 aromatic rings. The second kappa shape index (κ2) is 6.40. The predicted molar refractivity (Wildman–Crippen MR) is 84.8 cm³/mol. The number of H-pyrrole nitrogens is 1. The third-order valence-electron chi connectivity index (χ3n) is 3.51. The van der Waals surface area contributed by atoms with Crippen LogP contribution in [-0.4, -0.2) is 39.5 Å². The van der Waals surface area contributed by atoms with E-state index in [9.17, 15) is 14.0 Å². The lowest BCUT2D eigenvalue weighted by Gasteiger charge is -2.14. The van der Waals surface area contributed by atoms with Gasteiger partial charge >= 0.3 is 6.09 Å². The number of aromatic nitrogens is 3. The third-order valence-corrected chi connectivity index (χ3v) is 3.80. The lowest BCUT2D eigenvalue weighted by molar-refractivity contribution is -0.123. The third kappa shape index (κ3) is 3.00. The number of hydrogen-bond acceptors (Lipinski definition) is 5. The molecule has 1 fully saturated rings. The standard InChI is InChI=1S/C14H14FN5O3S/c1-2-11(21)17-12-6-19(14(22)23-12)8-3-4-10(9(15)5-8)20-7-16-18-13(20)24/h3-5,7,12H,2,6H2,1H3,(H,17,21)(H,18,24)/t12-/m0/s1. The van der Waals surface area contributed by atoms with E-state index in [1.165, 1.54) is 27.9 Å². The van der Waals surface area contributed by atoms with Gasteiger partial charge in [0.25, 0.3) is 0 Å². The van der Waals surface area contributed by atoms with E-state index in [-0.39, 0.29) is 29.3 Å². The average molecular weight is 351 g/mol. The normalized spacial score (nSPS) is 17.0. The van der Waals surface area contributed by atoms with E-state index in [2.05, 4.69) is 15.5 Å². The molecule has 24 heavy (non-hydrogen) atoms. The molecule has 1 aliphatic heterocycles. The lowest BCUT2D eigenvalue weighted by atomic mass is 10.2. The van der Waals surface area contributed by atoms with Crippen LogP contribution in [0.2, 0.25) is 0 Å². The van der Waals surface area contributed by atoms with Crippen molar-refractivity contribution in [1.82, 2.24) is 20.1 Å². The van der Waals surface area contributed by atoms with E-state index in [0.717, 1.165) is 0 Å². The van der Waals surface area contributed by atoms with Crippen molar-refractivity contribution in [2.45, 2.75) is 19.6 Å². The molecule has 8 nitrogen and oxygen atoms in total. The number of benzene rings is 1. The summed E-state index contributed by atoms with van der Waals surface area (Å²) in [6.45, 7) is 1.80.